The van der Waals surface area contributed by atoms with Crippen molar-refractivity contribution >= 4 is 40.0 Å². The van der Waals surface area contributed by atoms with Gasteiger partial charge in [-0.3, -0.25) is 9.59 Å². The molecule has 3 N–H and O–H groups in total. The van der Waals surface area contributed by atoms with E-state index in [2.05, 4.69) is 20.5 Å². The second kappa shape index (κ2) is 11.3. The van der Waals surface area contributed by atoms with E-state index in [0.717, 1.165) is 16.3 Å². The van der Waals surface area contributed by atoms with E-state index >= 15 is 0 Å². The summed E-state index contributed by atoms with van der Waals surface area (Å²) in [6.07, 6.45) is 0.285. The Balaban J connectivity index is 1.33. The van der Waals surface area contributed by atoms with Gasteiger partial charge in [0.25, 0.3) is 5.91 Å². The van der Waals surface area contributed by atoms with Gasteiger partial charge in [0, 0.05) is 43.4 Å². The van der Waals surface area contributed by atoms with E-state index in [1.807, 2.05) is 66.7 Å². The van der Waals surface area contributed by atoms with Gasteiger partial charge in [-0.05, 0) is 40.6 Å². The number of aliphatic carboxylic acids is 1. The molecule has 0 bridgehead atoms. The average molecular weight is 512 g/mol. The minimum Gasteiger partial charge on any atom is -0.481 e. The number of hydrogen-bond acceptors (Lipinski definition) is 7. The Morgan fingerprint density at radius 3 is 2.42 bits per heavy atom. The Kier molecular flexibility index (Phi) is 7.46. The lowest BCUT2D eigenvalue weighted by atomic mass is 10.1. The van der Waals surface area contributed by atoms with Crippen molar-refractivity contribution in [2.24, 2.45) is 0 Å². The molecule has 4 aromatic rings. The second-order valence-corrected chi connectivity index (χ2v) is 9.10. The van der Waals surface area contributed by atoms with Crippen molar-refractivity contribution in [3.05, 3.63) is 89.2 Å². The molecule has 0 aliphatic carbocycles. The van der Waals surface area contributed by atoms with Crippen molar-refractivity contribution in [1.82, 2.24) is 9.97 Å². The number of benzene rings is 3. The Morgan fingerprint density at radius 1 is 0.974 bits per heavy atom. The van der Waals surface area contributed by atoms with Crippen LogP contribution in [0.5, 0.6) is 0 Å². The molecule has 0 unspecified atom stereocenters. The number of rotatable bonds is 8. The number of anilines is 3. The van der Waals surface area contributed by atoms with E-state index in [-0.39, 0.29) is 12.3 Å². The number of hydrogen-bond donors (Lipinski definition) is 3. The summed E-state index contributed by atoms with van der Waals surface area (Å²) in [4.78, 5) is 35.8. The number of aromatic nitrogens is 2. The zero-order chi connectivity index (χ0) is 26.5. The molecule has 1 aliphatic rings. The molecule has 1 aromatic heterocycles. The molecule has 9 nitrogen and oxygen atoms in total. The van der Waals surface area contributed by atoms with Gasteiger partial charge < -0.3 is 25.4 Å². The van der Waals surface area contributed by atoms with Crippen molar-refractivity contribution in [3.8, 4) is 0 Å². The zero-order valence-electron chi connectivity index (χ0n) is 21.1. The van der Waals surface area contributed by atoms with E-state index < -0.39 is 5.97 Å². The van der Waals surface area contributed by atoms with Crippen molar-refractivity contribution in [1.29, 1.82) is 0 Å². The molecule has 38 heavy (non-hydrogen) atoms. The SMILES string of the molecule is CNc1nc(Cc2ccc(NC(=O)c3ccc4ccccc4c3)cc2)nc(N2CCOCC2)c1CC(=O)O. The van der Waals surface area contributed by atoms with E-state index in [1.165, 1.54) is 0 Å². The molecule has 0 saturated carbocycles. The summed E-state index contributed by atoms with van der Waals surface area (Å²) in [7, 11) is 1.73. The van der Waals surface area contributed by atoms with E-state index in [4.69, 9.17) is 9.72 Å². The number of ether oxygens (including phenoxy) is 1. The number of morpholine rings is 1. The molecule has 1 fully saturated rings. The molecule has 1 saturated heterocycles. The highest BCUT2D eigenvalue weighted by atomic mass is 16.5. The number of nitrogens with zero attached hydrogens (tertiary/aromatic N) is 3. The number of carboxylic acid groups (broad SMARTS) is 1. The van der Waals surface area contributed by atoms with Crippen LogP contribution in [0.25, 0.3) is 10.8 Å². The number of nitrogens with one attached hydrogen (secondary N) is 2. The van der Waals surface area contributed by atoms with Crippen LogP contribution < -0.4 is 15.5 Å². The fourth-order valence-electron chi connectivity index (χ4n) is 4.58. The molecule has 0 atom stereocenters. The van der Waals surface area contributed by atoms with Crippen molar-refractivity contribution in [2.45, 2.75) is 12.8 Å². The largest absolute Gasteiger partial charge is 0.481 e. The molecular weight excluding hydrogens is 482 g/mol. The van der Waals surface area contributed by atoms with Gasteiger partial charge in [0.1, 0.15) is 17.5 Å². The third kappa shape index (κ3) is 5.73. The number of carboxylic acids is 1. The average Bonchev–Trinajstić information content (AvgIpc) is 2.94. The van der Waals surface area contributed by atoms with Crippen LogP contribution in [0.15, 0.2) is 66.7 Å². The van der Waals surface area contributed by atoms with E-state index in [0.29, 0.717) is 67.0 Å². The van der Waals surface area contributed by atoms with Crippen molar-refractivity contribution in [3.63, 3.8) is 0 Å². The van der Waals surface area contributed by atoms with Gasteiger partial charge in [-0.2, -0.15) is 0 Å². The van der Waals surface area contributed by atoms with Crippen molar-refractivity contribution < 1.29 is 19.4 Å². The predicted molar refractivity (Wildman–Crippen MR) is 147 cm³/mol. The maximum Gasteiger partial charge on any atom is 0.308 e. The topological polar surface area (TPSA) is 117 Å². The number of carbonyl (C=O) groups is 2. The van der Waals surface area contributed by atoms with Crippen LogP contribution in [0.1, 0.15) is 27.3 Å². The highest BCUT2D eigenvalue weighted by Gasteiger charge is 2.23. The first-order chi connectivity index (χ1) is 18.5. The first kappa shape index (κ1) is 25.2. The summed E-state index contributed by atoms with van der Waals surface area (Å²) < 4.78 is 5.46. The molecule has 0 spiro atoms. The molecule has 0 radical (unpaired) electrons. The quantitative estimate of drug-likeness (QED) is 0.325. The minimum absolute atomic E-state index is 0.172. The van der Waals surface area contributed by atoms with Crippen LogP contribution in [0.4, 0.5) is 17.3 Å². The van der Waals surface area contributed by atoms with Crippen LogP contribution in [-0.2, 0) is 22.4 Å². The van der Waals surface area contributed by atoms with E-state index in [9.17, 15) is 14.7 Å². The third-order valence-corrected chi connectivity index (χ3v) is 6.49. The van der Waals surface area contributed by atoms with Crippen LogP contribution >= 0.6 is 0 Å². The fraction of sp³-hybridized carbons (Fsp3) is 0.241. The molecule has 194 valence electrons. The predicted octanol–water partition coefficient (Wildman–Crippen LogP) is 3.98. The van der Waals surface area contributed by atoms with Gasteiger partial charge >= 0.3 is 5.97 Å². The minimum atomic E-state index is -0.936. The summed E-state index contributed by atoms with van der Waals surface area (Å²) in [5.41, 5.74) is 2.82. The summed E-state index contributed by atoms with van der Waals surface area (Å²) in [5.74, 6) is 0.615. The Morgan fingerprint density at radius 2 is 1.71 bits per heavy atom. The summed E-state index contributed by atoms with van der Waals surface area (Å²) in [5, 5.41) is 17.6. The second-order valence-electron chi connectivity index (χ2n) is 9.10. The smallest absolute Gasteiger partial charge is 0.308 e. The summed E-state index contributed by atoms with van der Waals surface area (Å²) in [6, 6.07) is 21.2. The summed E-state index contributed by atoms with van der Waals surface area (Å²) >= 11 is 0. The zero-order valence-corrected chi connectivity index (χ0v) is 21.1. The van der Waals surface area contributed by atoms with Gasteiger partial charge in [-0.15, -0.1) is 0 Å². The maximum absolute atomic E-state index is 12.8. The first-order valence-electron chi connectivity index (χ1n) is 12.5. The molecule has 2 heterocycles. The van der Waals surface area contributed by atoms with E-state index in [1.54, 1.807) is 7.05 Å². The Bertz CT molecular complexity index is 1470. The van der Waals surface area contributed by atoms with Crippen LogP contribution in [-0.4, -0.2) is 60.3 Å². The highest BCUT2D eigenvalue weighted by molar-refractivity contribution is 6.06. The maximum atomic E-state index is 12.8. The third-order valence-electron chi connectivity index (χ3n) is 6.49. The highest BCUT2D eigenvalue weighted by Crippen LogP contribution is 2.27. The van der Waals surface area contributed by atoms with Gasteiger partial charge in [0.05, 0.1) is 19.6 Å². The standard InChI is InChI=1S/C29H29N5O4/c1-30-27-24(18-26(35)36)28(34-12-14-38-15-13-34)33-25(32-27)16-19-6-10-23(11-7-19)31-29(37)22-9-8-20-4-2-3-5-21(20)17-22/h2-11,17H,12-16,18H2,1H3,(H,31,37)(H,35,36)(H,30,32,33). The number of carbonyl (C=O) groups excluding carboxylic acids is 1. The lowest BCUT2D eigenvalue weighted by Crippen LogP contribution is -2.38. The van der Waals surface area contributed by atoms with Crippen LogP contribution in [0.2, 0.25) is 0 Å². The van der Waals surface area contributed by atoms with Gasteiger partial charge in [0.2, 0.25) is 0 Å². The molecular formula is C29H29N5O4. The van der Waals surface area contributed by atoms with Crippen molar-refractivity contribution in [2.75, 3.05) is 48.9 Å². The Hall–Kier alpha value is -4.50. The normalized spacial score (nSPS) is 13.3. The number of fused-ring (bicyclic) bond motifs is 1. The van der Waals surface area contributed by atoms with Gasteiger partial charge in [-0.1, -0.05) is 42.5 Å². The monoisotopic (exact) mass is 511 g/mol. The van der Waals surface area contributed by atoms with Gasteiger partial charge in [0.15, 0.2) is 0 Å². The summed E-state index contributed by atoms with van der Waals surface area (Å²) in [6.45, 7) is 2.40. The molecule has 3 aromatic carbocycles. The molecule has 9 heteroatoms. The molecule has 1 amide bonds. The lowest BCUT2D eigenvalue weighted by molar-refractivity contribution is -0.136. The van der Waals surface area contributed by atoms with Gasteiger partial charge in [-0.25, -0.2) is 9.97 Å². The fourth-order valence-corrected chi connectivity index (χ4v) is 4.58. The lowest BCUT2D eigenvalue weighted by Gasteiger charge is -2.30. The molecule has 1 aliphatic heterocycles. The number of amides is 1. The van der Waals surface area contributed by atoms with Crippen LogP contribution in [0, 0.1) is 0 Å². The van der Waals surface area contributed by atoms with Crippen LogP contribution in [0.3, 0.4) is 0 Å². The first-order valence-corrected chi connectivity index (χ1v) is 12.5. The Labute approximate surface area is 220 Å². The molecule has 5 rings (SSSR count).